The lowest BCUT2D eigenvalue weighted by molar-refractivity contribution is -0.192. The maximum atomic E-state index is 12.3. The number of benzene rings is 1. The number of fused-ring (bicyclic) bond motifs is 1. The van der Waals surface area contributed by atoms with E-state index in [1.807, 2.05) is 11.0 Å². The standard InChI is InChI=1S/C16H22N2O2.C2HF3O2/c1-20-8-7-18-11-14-10-17(12-15(14)16(18)19)9-13-5-3-2-4-6-13;3-2(4,5)1(6)7/h2-6,14-15H,7-12H2,1H3;(H,6,7)/t14-,15-;/m0./s1. The largest absolute Gasteiger partial charge is 0.490 e. The average molecular weight is 388 g/mol. The molecule has 2 fully saturated rings. The zero-order chi connectivity index (χ0) is 20.0. The van der Waals surface area contributed by atoms with Crippen LogP contribution in [0.5, 0.6) is 0 Å². The second kappa shape index (κ2) is 9.18. The number of methoxy groups -OCH3 is 1. The van der Waals surface area contributed by atoms with Crippen molar-refractivity contribution in [3.05, 3.63) is 35.9 Å². The van der Waals surface area contributed by atoms with Gasteiger partial charge in [0.05, 0.1) is 12.5 Å². The summed E-state index contributed by atoms with van der Waals surface area (Å²) in [6, 6.07) is 10.5. The Labute approximate surface area is 155 Å². The first-order chi connectivity index (χ1) is 12.7. The van der Waals surface area contributed by atoms with E-state index in [1.165, 1.54) is 5.56 Å². The van der Waals surface area contributed by atoms with Crippen LogP contribution in [0.25, 0.3) is 0 Å². The predicted molar refractivity (Wildman–Crippen MR) is 90.8 cm³/mol. The highest BCUT2D eigenvalue weighted by atomic mass is 19.4. The smallest absolute Gasteiger partial charge is 0.475 e. The molecule has 0 bridgehead atoms. The van der Waals surface area contributed by atoms with E-state index >= 15 is 0 Å². The Balaban J connectivity index is 0.000000321. The number of carboxylic acid groups (broad SMARTS) is 1. The van der Waals surface area contributed by atoms with Crippen molar-refractivity contribution >= 4 is 11.9 Å². The molecule has 0 aromatic heterocycles. The summed E-state index contributed by atoms with van der Waals surface area (Å²) >= 11 is 0. The number of ether oxygens (including phenoxy) is 1. The van der Waals surface area contributed by atoms with Gasteiger partial charge in [0.25, 0.3) is 0 Å². The molecule has 0 aliphatic carbocycles. The maximum absolute atomic E-state index is 12.3. The Morgan fingerprint density at radius 1 is 1.22 bits per heavy atom. The average Bonchev–Trinajstić information content (AvgIpc) is 3.12. The summed E-state index contributed by atoms with van der Waals surface area (Å²) in [4.78, 5) is 25.6. The molecule has 0 radical (unpaired) electrons. The number of aliphatic carboxylic acids is 1. The third-order valence-corrected chi connectivity index (χ3v) is 4.66. The van der Waals surface area contributed by atoms with Gasteiger partial charge in [0.2, 0.25) is 5.91 Å². The number of carbonyl (C=O) groups is 2. The Morgan fingerprint density at radius 2 is 1.85 bits per heavy atom. The molecule has 1 amide bonds. The Bertz CT molecular complexity index is 639. The van der Waals surface area contributed by atoms with Crippen molar-refractivity contribution in [3.8, 4) is 0 Å². The van der Waals surface area contributed by atoms with Gasteiger partial charge in [-0.1, -0.05) is 30.3 Å². The molecule has 1 aromatic carbocycles. The molecular formula is C18H23F3N2O4. The first-order valence-corrected chi connectivity index (χ1v) is 8.56. The molecule has 9 heteroatoms. The number of hydrogen-bond acceptors (Lipinski definition) is 4. The number of hydrogen-bond donors (Lipinski definition) is 1. The molecule has 0 unspecified atom stereocenters. The second-order valence-electron chi connectivity index (χ2n) is 6.63. The summed E-state index contributed by atoms with van der Waals surface area (Å²) in [6.07, 6.45) is -5.08. The van der Waals surface area contributed by atoms with Gasteiger partial charge in [-0.3, -0.25) is 9.69 Å². The van der Waals surface area contributed by atoms with Gasteiger partial charge in [-0.05, 0) is 5.56 Å². The number of halogens is 3. The summed E-state index contributed by atoms with van der Waals surface area (Å²) < 4.78 is 36.8. The zero-order valence-electron chi connectivity index (χ0n) is 15.0. The minimum atomic E-state index is -5.08. The number of alkyl halides is 3. The van der Waals surface area contributed by atoms with Gasteiger partial charge in [-0.25, -0.2) is 4.79 Å². The van der Waals surface area contributed by atoms with Gasteiger partial charge in [-0.2, -0.15) is 13.2 Å². The highest BCUT2D eigenvalue weighted by Gasteiger charge is 2.45. The van der Waals surface area contributed by atoms with Gasteiger partial charge in [0.15, 0.2) is 0 Å². The van der Waals surface area contributed by atoms with Crippen molar-refractivity contribution in [2.75, 3.05) is 39.9 Å². The van der Waals surface area contributed by atoms with Crippen LogP contribution in [0.4, 0.5) is 13.2 Å². The molecule has 2 atom stereocenters. The number of likely N-dealkylation sites (tertiary alicyclic amines) is 2. The van der Waals surface area contributed by atoms with Crippen LogP contribution >= 0.6 is 0 Å². The minimum Gasteiger partial charge on any atom is -0.475 e. The fourth-order valence-electron chi connectivity index (χ4n) is 3.41. The van der Waals surface area contributed by atoms with Crippen LogP contribution in [0.2, 0.25) is 0 Å². The van der Waals surface area contributed by atoms with Crippen LogP contribution in [0, 0.1) is 11.8 Å². The van der Waals surface area contributed by atoms with Crippen molar-refractivity contribution in [1.29, 1.82) is 0 Å². The lowest BCUT2D eigenvalue weighted by atomic mass is 10.0. The third-order valence-electron chi connectivity index (χ3n) is 4.66. The molecule has 6 nitrogen and oxygen atoms in total. The van der Waals surface area contributed by atoms with Crippen molar-refractivity contribution in [1.82, 2.24) is 9.80 Å². The normalized spacial score (nSPS) is 22.4. The third kappa shape index (κ3) is 5.93. The topological polar surface area (TPSA) is 70.1 Å². The van der Waals surface area contributed by atoms with Crippen LogP contribution in [-0.2, 0) is 20.9 Å². The van der Waals surface area contributed by atoms with Crippen molar-refractivity contribution in [3.63, 3.8) is 0 Å². The maximum Gasteiger partial charge on any atom is 0.490 e. The second-order valence-corrected chi connectivity index (χ2v) is 6.63. The highest BCUT2D eigenvalue weighted by Crippen LogP contribution is 2.32. The molecule has 2 saturated heterocycles. The SMILES string of the molecule is COCCN1C[C@@H]2CN(Cc3ccccc3)C[C@@H]2C1=O.O=C(O)C(F)(F)F. The van der Waals surface area contributed by atoms with Crippen molar-refractivity contribution in [2.24, 2.45) is 11.8 Å². The zero-order valence-corrected chi connectivity index (χ0v) is 15.0. The molecule has 1 N–H and O–H groups in total. The van der Waals surface area contributed by atoms with Gasteiger partial charge < -0.3 is 14.7 Å². The molecule has 2 aliphatic heterocycles. The molecule has 1 aromatic rings. The first-order valence-electron chi connectivity index (χ1n) is 8.56. The van der Waals surface area contributed by atoms with E-state index in [2.05, 4.69) is 29.2 Å². The Morgan fingerprint density at radius 3 is 2.37 bits per heavy atom. The summed E-state index contributed by atoms with van der Waals surface area (Å²) in [7, 11) is 1.68. The lowest BCUT2D eigenvalue weighted by Crippen LogP contribution is -2.34. The van der Waals surface area contributed by atoms with Crippen LogP contribution in [0.3, 0.4) is 0 Å². The van der Waals surface area contributed by atoms with Crippen molar-refractivity contribution in [2.45, 2.75) is 12.7 Å². The molecule has 150 valence electrons. The summed E-state index contributed by atoms with van der Waals surface area (Å²) in [5, 5.41) is 7.12. The van der Waals surface area contributed by atoms with E-state index in [1.54, 1.807) is 7.11 Å². The minimum absolute atomic E-state index is 0.204. The van der Waals surface area contributed by atoms with Gasteiger partial charge in [0.1, 0.15) is 0 Å². The monoisotopic (exact) mass is 388 g/mol. The number of carbonyl (C=O) groups excluding carboxylic acids is 1. The molecular weight excluding hydrogens is 365 g/mol. The van der Waals surface area contributed by atoms with E-state index in [-0.39, 0.29) is 5.92 Å². The number of nitrogens with zero attached hydrogens (tertiary/aromatic N) is 2. The summed E-state index contributed by atoms with van der Waals surface area (Å²) in [5.74, 6) is -1.73. The molecule has 2 aliphatic rings. The van der Waals surface area contributed by atoms with Gasteiger partial charge in [0, 0.05) is 45.8 Å². The van der Waals surface area contributed by atoms with Gasteiger partial charge in [-0.15, -0.1) is 0 Å². The van der Waals surface area contributed by atoms with E-state index in [9.17, 15) is 18.0 Å². The quantitative estimate of drug-likeness (QED) is 0.834. The predicted octanol–water partition coefficient (Wildman–Crippen LogP) is 1.86. The molecule has 3 rings (SSSR count). The molecule has 27 heavy (non-hydrogen) atoms. The highest BCUT2D eigenvalue weighted by molar-refractivity contribution is 5.82. The summed E-state index contributed by atoms with van der Waals surface area (Å²) in [6.45, 7) is 5.17. The van der Waals surface area contributed by atoms with Gasteiger partial charge >= 0.3 is 12.1 Å². The van der Waals surface area contributed by atoms with E-state index in [4.69, 9.17) is 14.6 Å². The van der Waals surface area contributed by atoms with E-state index in [0.717, 1.165) is 32.7 Å². The van der Waals surface area contributed by atoms with Crippen molar-refractivity contribution < 1.29 is 32.6 Å². The van der Waals surface area contributed by atoms with Crippen LogP contribution in [0.1, 0.15) is 5.56 Å². The van der Waals surface area contributed by atoms with E-state index in [0.29, 0.717) is 18.4 Å². The first kappa shape index (κ1) is 21.2. The van der Waals surface area contributed by atoms with Crippen LogP contribution in [-0.4, -0.2) is 72.9 Å². The van der Waals surface area contributed by atoms with Crippen LogP contribution < -0.4 is 0 Å². The Hall–Kier alpha value is -2.13. The molecule has 2 heterocycles. The number of amides is 1. The number of rotatable bonds is 5. The molecule has 0 spiro atoms. The lowest BCUT2D eigenvalue weighted by Gasteiger charge is -2.21. The summed E-state index contributed by atoms with van der Waals surface area (Å²) in [5.41, 5.74) is 1.33. The Kier molecular flexibility index (Phi) is 7.20. The van der Waals surface area contributed by atoms with Crippen LogP contribution in [0.15, 0.2) is 30.3 Å². The fraction of sp³-hybridized carbons (Fsp3) is 0.556. The number of carboxylic acids is 1. The fourth-order valence-corrected chi connectivity index (χ4v) is 3.41. The molecule has 0 saturated carbocycles. The van der Waals surface area contributed by atoms with E-state index < -0.39 is 12.1 Å².